The lowest BCUT2D eigenvalue weighted by Crippen LogP contribution is -2.24. The molecule has 106 valence electrons. The Morgan fingerprint density at radius 3 is 2.53 bits per heavy atom. The zero-order valence-corrected chi connectivity index (χ0v) is 12.2. The highest BCUT2D eigenvalue weighted by Gasteiger charge is 2.62. The standard InChI is InChI=1S/C15H22O4/c1-8(2)6-10-12(15(10,4)5)14(17)19-11-7-9(3)18-13(11)16/h6,9-12H,7H2,1-5H3/t9-,10+,11-,12+/m0/s1. The van der Waals surface area contributed by atoms with Crippen molar-refractivity contribution in [3.63, 3.8) is 0 Å². The molecule has 0 amide bonds. The molecule has 1 aliphatic heterocycles. The molecule has 1 heterocycles. The van der Waals surface area contributed by atoms with Crippen LogP contribution in [0, 0.1) is 17.3 Å². The smallest absolute Gasteiger partial charge is 0.347 e. The van der Waals surface area contributed by atoms with Gasteiger partial charge in [-0.15, -0.1) is 0 Å². The molecule has 0 spiro atoms. The van der Waals surface area contributed by atoms with Crippen LogP contribution in [-0.2, 0) is 19.1 Å². The minimum absolute atomic E-state index is 0.0809. The Balaban J connectivity index is 1.98. The first-order valence-electron chi connectivity index (χ1n) is 6.79. The van der Waals surface area contributed by atoms with E-state index in [0.717, 1.165) is 0 Å². The van der Waals surface area contributed by atoms with E-state index in [4.69, 9.17) is 9.47 Å². The van der Waals surface area contributed by atoms with E-state index in [1.54, 1.807) is 6.92 Å². The van der Waals surface area contributed by atoms with Gasteiger partial charge in [0.15, 0.2) is 0 Å². The minimum atomic E-state index is -0.716. The van der Waals surface area contributed by atoms with Crippen LogP contribution in [0.15, 0.2) is 11.6 Å². The highest BCUT2D eigenvalue weighted by Crippen LogP contribution is 2.60. The predicted octanol–water partition coefficient (Wildman–Crippen LogP) is 2.47. The molecule has 0 aromatic heterocycles. The van der Waals surface area contributed by atoms with Crippen LogP contribution in [0.1, 0.15) is 41.0 Å². The van der Waals surface area contributed by atoms with E-state index < -0.39 is 12.1 Å². The average Bonchev–Trinajstić information content (AvgIpc) is 2.60. The van der Waals surface area contributed by atoms with Crippen molar-refractivity contribution in [3.05, 3.63) is 11.6 Å². The average molecular weight is 266 g/mol. The van der Waals surface area contributed by atoms with E-state index in [-0.39, 0.29) is 29.3 Å². The van der Waals surface area contributed by atoms with E-state index in [1.807, 2.05) is 13.8 Å². The quantitative estimate of drug-likeness (QED) is 0.581. The summed E-state index contributed by atoms with van der Waals surface area (Å²) in [7, 11) is 0. The third-order valence-corrected chi connectivity index (χ3v) is 4.06. The Morgan fingerprint density at radius 2 is 2.05 bits per heavy atom. The van der Waals surface area contributed by atoms with E-state index in [0.29, 0.717) is 6.42 Å². The molecule has 2 fully saturated rings. The third-order valence-electron chi connectivity index (χ3n) is 4.06. The summed E-state index contributed by atoms with van der Waals surface area (Å²) < 4.78 is 10.3. The monoisotopic (exact) mass is 266 g/mol. The molecular formula is C15H22O4. The van der Waals surface area contributed by atoms with Gasteiger partial charge in [-0.25, -0.2) is 4.79 Å². The SMILES string of the molecule is CC(C)=C[C@@H]1[C@H](C(=O)O[C@H]2C[C@H](C)OC2=O)C1(C)C. The second-order valence-corrected chi connectivity index (χ2v) is 6.48. The number of hydrogen-bond donors (Lipinski definition) is 0. The summed E-state index contributed by atoms with van der Waals surface area (Å²) in [5.41, 5.74) is 1.12. The van der Waals surface area contributed by atoms with Crippen LogP contribution < -0.4 is 0 Å². The lowest BCUT2D eigenvalue weighted by atomic mass is 10.1. The number of allylic oxidation sites excluding steroid dienone is 2. The molecule has 2 aliphatic rings. The van der Waals surface area contributed by atoms with E-state index >= 15 is 0 Å². The Kier molecular flexibility index (Phi) is 3.45. The van der Waals surface area contributed by atoms with Gasteiger partial charge < -0.3 is 9.47 Å². The Hall–Kier alpha value is -1.32. The normalized spacial score (nSPS) is 35.5. The molecule has 4 atom stereocenters. The van der Waals surface area contributed by atoms with Crippen molar-refractivity contribution in [2.45, 2.75) is 53.2 Å². The summed E-state index contributed by atoms with van der Waals surface area (Å²) in [6.07, 6.45) is 1.70. The van der Waals surface area contributed by atoms with Crippen molar-refractivity contribution < 1.29 is 19.1 Å². The van der Waals surface area contributed by atoms with Gasteiger partial charge >= 0.3 is 11.9 Å². The molecular weight excluding hydrogens is 244 g/mol. The van der Waals surface area contributed by atoms with Crippen LogP contribution in [0.5, 0.6) is 0 Å². The zero-order valence-electron chi connectivity index (χ0n) is 12.2. The Morgan fingerprint density at radius 1 is 1.42 bits per heavy atom. The van der Waals surface area contributed by atoms with Crippen LogP contribution >= 0.6 is 0 Å². The molecule has 0 bridgehead atoms. The summed E-state index contributed by atoms with van der Waals surface area (Å²) in [5.74, 6) is -0.632. The van der Waals surface area contributed by atoms with Gasteiger partial charge in [-0.05, 0) is 32.1 Å². The van der Waals surface area contributed by atoms with Gasteiger partial charge in [-0.2, -0.15) is 0 Å². The van der Waals surface area contributed by atoms with Gasteiger partial charge in [0, 0.05) is 6.42 Å². The van der Waals surface area contributed by atoms with Crippen molar-refractivity contribution in [1.82, 2.24) is 0 Å². The molecule has 0 aromatic carbocycles. The number of esters is 2. The Labute approximate surface area is 114 Å². The maximum absolute atomic E-state index is 12.2. The van der Waals surface area contributed by atoms with Gasteiger partial charge in [0.25, 0.3) is 0 Å². The van der Waals surface area contributed by atoms with Crippen molar-refractivity contribution >= 4 is 11.9 Å². The van der Waals surface area contributed by atoms with E-state index in [1.165, 1.54) is 5.57 Å². The summed E-state index contributed by atoms with van der Waals surface area (Å²) >= 11 is 0. The second kappa shape index (κ2) is 4.66. The molecule has 4 nitrogen and oxygen atoms in total. The maximum Gasteiger partial charge on any atom is 0.347 e. The van der Waals surface area contributed by atoms with Crippen LogP contribution in [0.2, 0.25) is 0 Å². The molecule has 2 rings (SSSR count). The van der Waals surface area contributed by atoms with Crippen molar-refractivity contribution in [2.75, 3.05) is 0 Å². The van der Waals surface area contributed by atoms with Gasteiger partial charge in [0.1, 0.15) is 6.10 Å². The molecule has 4 heteroatoms. The van der Waals surface area contributed by atoms with E-state index in [2.05, 4.69) is 19.9 Å². The van der Waals surface area contributed by atoms with E-state index in [9.17, 15) is 9.59 Å². The highest BCUT2D eigenvalue weighted by molar-refractivity contribution is 5.84. The van der Waals surface area contributed by atoms with Crippen LogP contribution in [0.25, 0.3) is 0 Å². The number of carbonyl (C=O) groups is 2. The molecule has 1 saturated heterocycles. The lowest BCUT2D eigenvalue weighted by Gasteiger charge is -2.08. The number of ether oxygens (including phenoxy) is 2. The largest absolute Gasteiger partial charge is 0.460 e. The number of hydrogen-bond acceptors (Lipinski definition) is 4. The molecule has 0 aromatic rings. The highest BCUT2D eigenvalue weighted by atomic mass is 16.6. The topological polar surface area (TPSA) is 52.6 Å². The zero-order chi connectivity index (χ0) is 14.4. The van der Waals surface area contributed by atoms with Gasteiger partial charge in [0.05, 0.1) is 5.92 Å². The maximum atomic E-state index is 12.2. The van der Waals surface area contributed by atoms with Crippen molar-refractivity contribution in [1.29, 1.82) is 0 Å². The summed E-state index contributed by atoms with van der Waals surface area (Å²) in [6, 6.07) is 0. The molecule has 0 N–H and O–H groups in total. The van der Waals surface area contributed by atoms with Crippen molar-refractivity contribution in [2.24, 2.45) is 17.3 Å². The first kappa shape index (κ1) is 14.1. The van der Waals surface area contributed by atoms with Gasteiger partial charge in [-0.3, -0.25) is 4.79 Å². The van der Waals surface area contributed by atoms with Crippen molar-refractivity contribution in [3.8, 4) is 0 Å². The predicted molar refractivity (Wildman–Crippen MR) is 70.2 cm³/mol. The second-order valence-electron chi connectivity index (χ2n) is 6.48. The molecule has 0 radical (unpaired) electrons. The fourth-order valence-corrected chi connectivity index (χ4v) is 2.83. The molecule has 1 saturated carbocycles. The third kappa shape index (κ3) is 2.67. The molecule has 1 aliphatic carbocycles. The summed E-state index contributed by atoms with van der Waals surface area (Å²) in [4.78, 5) is 23.6. The first-order chi connectivity index (χ1) is 8.73. The molecule has 0 unspecified atom stereocenters. The summed E-state index contributed by atoms with van der Waals surface area (Å²) in [5, 5.41) is 0. The fourth-order valence-electron chi connectivity index (χ4n) is 2.83. The first-order valence-corrected chi connectivity index (χ1v) is 6.79. The van der Waals surface area contributed by atoms with Gasteiger partial charge in [0.2, 0.25) is 6.10 Å². The Bertz CT molecular complexity index is 431. The number of cyclic esters (lactones) is 1. The molecule has 19 heavy (non-hydrogen) atoms. The number of rotatable bonds is 3. The minimum Gasteiger partial charge on any atom is -0.460 e. The van der Waals surface area contributed by atoms with Crippen LogP contribution in [0.4, 0.5) is 0 Å². The number of carbonyl (C=O) groups excluding carboxylic acids is 2. The van der Waals surface area contributed by atoms with Crippen LogP contribution in [0.3, 0.4) is 0 Å². The fraction of sp³-hybridized carbons (Fsp3) is 0.733. The lowest BCUT2D eigenvalue weighted by molar-refractivity contribution is -0.162. The van der Waals surface area contributed by atoms with Gasteiger partial charge in [-0.1, -0.05) is 25.5 Å². The summed E-state index contributed by atoms with van der Waals surface area (Å²) in [6.45, 7) is 9.95. The van der Waals surface area contributed by atoms with Crippen LogP contribution in [-0.4, -0.2) is 24.1 Å².